The minimum Gasteiger partial charge on any atom is -0.442 e. The van der Waals surface area contributed by atoms with Gasteiger partial charge in [0.2, 0.25) is 0 Å². The van der Waals surface area contributed by atoms with Gasteiger partial charge in [0.15, 0.2) is 0 Å². The van der Waals surface area contributed by atoms with Crippen molar-refractivity contribution in [3.8, 4) is 0 Å². The van der Waals surface area contributed by atoms with E-state index in [1.54, 1.807) is 0 Å². The van der Waals surface area contributed by atoms with Crippen molar-refractivity contribution in [2.45, 2.75) is 20.8 Å². The summed E-state index contributed by atoms with van der Waals surface area (Å²) in [7, 11) is 0.306. The minimum atomic E-state index is 0. The van der Waals surface area contributed by atoms with Crippen molar-refractivity contribution < 1.29 is 26.5 Å². The largest absolute Gasteiger partial charge is 0.442 e. The van der Waals surface area contributed by atoms with Crippen molar-refractivity contribution in [3.63, 3.8) is 0 Å². The average Bonchev–Trinajstić information content (AvgIpc) is 2.16. The van der Waals surface area contributed by atoms with Crippen LogP contribution in [0, 0.1) is 41.7 Å². The van der Waals surface area contributed by atoms with E-state index < -0.39 is 0 Å². The molecule has 0 aliphatic heterocycles. The van der Waals surface area contributed by atoms with Crippen LogP contribution < -0.4 is 0 Å². The molecule has 0 aromatic carbocycles. The zero-order valence-corrected chi connectivity index (χ0v) is 17.6. The van der Waals surface area contributed by atoms with Gasteiger partial charge in [-0.05, 0) is 0 Å². The molecule has 1 N–H and O–H groups in total. The van der Waals surface area contributed by atoms with E-state index in [1.165, 1.54) is 11.1 Å². The summed E-state index contributed by atoms with van der Waals surface area (Å²) in [5.74, 6) is 0.551. The zero-order chi connectivity index (χ0) is 8.15. The summed E-state index contributed by atoms with van der Waals surface area (Å²) in [6, 6.07) is 0. The molecular formula is C12H29Cl2OSiTi-5. The summed E-state index contributed by atoms with van der Waals surface area (Å²) in [4.78, 5) is 7.14. The van der Waals surface area contributed by atoms with E-state index in [2.05, 4.69) is 32.9 Å². The second-order valence-electron chi connectivity index (χ2n) is 2.41. The van der Waals surface area contributed by atoms with Gasteiger partial charge in [-0.25, -0.2) is 11.1 Å². The van der Waals surface area contributed by atoms with Gasteiger partial charge in [-0.2, -0.15) is 6.08 Å². The van der Waals surface area contributed by atoms with Gasteiger partial charge in [0.25, 0.3) is 0 Å². The summed E-state index contributed by atoms with van der Waals surface area (Å²) in [6.07, 6.45) is 5.52. The predicted molar refractivity (Wildman–Crippen MR) is 87.7 cm³/mol. The molecule has 1 atom stereocenters. The smallest absolute Gasteiger partial charge is 0.141 e. The Morgan fingerprint density at radius 2 is 1.35 bits per heavy atom. The number of hydrogen-bond donors (Lipinski definition) is 1. The molecule has 1 nitrogen and oxygen atoms in total. The van der Waals surface area contributed by atoms with Crippen molar-refractivity contribution in [1.82, 2.24) is 0 Å². The number of halogens is 2. The topological polar surface area (TPSA) is 20.2 Å². The first-order valence-corrected chi connectivity index (χ1v) is 4.33. The first-order valence-electron chi connectivity index (χ1n) is 3.44. The van der Waals surface area contributed by atoms with Crippen LogP contribution in [0.5, 0.6) is 0 Å². The fraction of sp³-hybridized carbons (Fsp3) is 0.333. The van der Waals surface area contributed by atoms with E-state index in [0.717, 1.165) is 0 Å². The zero-order valence-electron chi connectivity index (χ0n) is 12.4. The van der Waals surface area contributed by atoms with E-state index in [0.29, 0.717) is 16.4 Å². The SMILES string of the molecule is CC1=[C-]C(C)C=C1C.Cl.Cl.O[SiH3].[CH3-].[CH3-].[CH3-].[CH3-].[Ti]. The van der Waals surface area contributed by atoms with Gasteiger partial charge in [-0.15, -0.1) is 31.7 Å². The second-order valence-corrected chi connectivity index (χ2v) is 2.41. The number of rotatable bonds is 0. The molecular weight excluding hydrogens is 307 g/mol. The molecule has 0 bridgehead atoms. The van der Waals surface area contributed by atoms with Crippen LogP contribution in [0.4, 0.5) is 0 Å². The van der Waals surface area contributed by atoms with Crippen molar-refractivity contribution in [1.29, 1.82) is 0 Å². The van der Waals surface area contributed by atoms with Crippen LogP contribution in [0.1, 0.15) is 20.8 Å². The molecule has 110 valence electrons. The Morgan fingerprint density at radius 1 is 1.06 bits per heavy atom. The van der Waals surface area contributed by atoms with E-state index in [9.17, 15) is 0 Å². The monoisotopic (exact) mass is 335 g/mol. The van der Waals surface area contributed by atoms with Crippen LogP contribution in [0.25, 0.3) is 0 Å². The fourth-order valence-electron chi connectivity index (χ4n) is 0.997. The van der Waals surface area contributed by atoms with Crippen LogP contribution in [-0.2, 0) is 21.7 Å². The third-order valence-electron chi connectivity index (χ3n) is 1.54. The summed E-state index contributed by atoms with van der Waals surface area (Å²) >= 11 is 0. The van der Waals surface area contributed by atoms with Crippen molar-refractivity contribution in [2.24, 2.45) is 5.92 Å². The summed E-state index contributed by atoms with van der Waals surface area (Å²) in [5, 5.41) is 0. The Hall–Kier alpha value is 0.951. The molecule has 0 radical (unpaired) electrons. The predicted octanol–water partition coefficient (Wildman–Crippen LogP) is 3.23. The van der Waals surface area contributed by atoms with Crippen molar-refractivity contribution in [3.05, 3.63) is 53.0 Å². The molecule has 1 rings (SSSR count). The first kappa shape index (κ1) is 52.1. The van der Waals surface area contributed by atoms with Gasteiger partial charge in [0.1, 0.15) is 10.5 Å². The molecule has 0 saturated carbocycles. The molecule has 5 heteroatoms. The standard InChI is InChI=1S/C8H11.4CH3.2ClH.H4OSi.Ti/c1-6-4-7(2)8(3)5-6;;;;;;;1-2;/h4,6H,1-3H3;4*1H3;2*1H;1H,2H3;/q5*-1;;;;. The molecule has 0 amide bonds. The second kappa shape index (κ2) is 30.2. The van der Waals surface area contributed by atoms with Gasteiger partial charge in [-0.3, -0.25) is 6.08 Å². The van der Waals surface area contributed by atoms with Gasteiger partial charge in [0.05, 0.1) is 0 Å². The fourth-order valence-corrected chi connectivity index (χ4v) is 0.997. The molecule has 0 aromatic heterocycles. The van der Waals surface area contributed by atoms with E-state index in [1.807, 2.05) is 0 Å². The summed E-state index contributed by atoms with van der Waals surface area (Å²) < 4.78 is 0. The molecule has 1 aliphatic carbocycles. The van der Waals surface area contributed by atoms with E-state index in [4.69, 9.17) is 4.80 Å². The van der Waals surface area contributed by atoms with Crippen molar-refractivity contribution >= 4 is 35.3 Å². The van der Waals surface area contributed by atoms with Gasteiger partial charge >= 0.3 is 0 Å². The Bertz CT molecular complexity index is 156. The van der Waals surface area contributed by atoms with Gasteiger partial charge in [0, 0.05) is 21.7 Å². The molecule has 0 aromatic rings. The van der Waals surface area contributed by atoms with Gasteiger partial charge < -0.3 is 34.5 Å². The van der Waals surface area contributed by atoms with Crippen LogP contribution in [-0.4, -0.2) is 15.3 Å². The molecule has 0 fully saturated rings. The Morgan fingerprint density at radius 3 is 1.41 bits per heavy atom. The molecule has 0 spiro atoms. The maximum atomic E-state index is 7.14. The normalized spacial score (nSPS) is 13.5. The maximum Gasteiger partial charge on any atom is 0.141 e. The molecule has 0 heterocycles. The first-order chi connectivity index (χ1) is 4.70. The molecule has 1 unspecified atom stereocenters. The number of hydrogen-bond acceptors (Lipinski definition) is 1. The maximum absolute atomic E-state index is 7.14. The molecule has 0 saturated heterocycles. The Labute approximate surface area is 141 Å². The van der Waals surface area contributed by atoms with Gasteiger partial charge in [-0.1, -0.05) is 19.8 Å². The summed E-state index contributed by atoms with van der Waals surface area (Å²) in [6.45, 7) is 6.39. The third-order valence-corrected chi connectivity index (χ3v) is 1.54. The molecule has 1 aliphatic rings. The molecule has 17 heavy (non-hydrogen) atoms. The summed E-state index contributed by atoms with van der Waals surface area (Å²) in [5.41, 5.74) is 2.70. The van der Waals surface area contributed by atoms with Crippen LogP contribution in [0.15, 0.2) is 17.2 Å². The minimum absolute atomic E-state index is 0. The van der Waals surface area contributed by atoms with E-state index >= 15 is 0 Å². The Kier molecular flexibility index (Phi) is 92.5. The van der Waals surface area contributed by atoms with Crippen LogP contribution >= 0.6 is 24.8 Å². The Balaban J connectivity index is -0.0000000143. The average molecular weight is 336 g/mol. The number of allylic oxidation sites excluding steroid dienone is 4. The quantitative estimate of drug-likeness (QED) is 0.532. The third kappa shape index (κ3) is 22.6. The van der Waals surface area contributed by atoms with Crippen LogP contribution in [0.2, 0.25) is 0 Å². The van der Waals surface area contributed by atoms with Crippen LogP contribution in [0.3, 0.4) is 0 Å². The van der Waals surface area contributed by atoms with Crippen molar-refractivity contribution in [2.75, 3.05) is 0 Å². The van der Waals surface area contributed by atoms with E-state index in [-0.39, 0.29) is 76.2 Å².